The molecule has 0 unspecified atom stereocenters. The summed E-state index contributed by atoms with van der Waals surface area (Å²) >= 11 is 6.38. The highest BCUT2D eigenvalue weighted by Crippen LogP contribution is 2.26. The summed E-state index contributed by atoms with van der Waals surface area (Å²) < 4.78 is 21.2. The molecule has 3 rings (SSSR count). The molecule has 0 bridgehead atoms. The van der Waals surface area contributed by atoms with Gasteiger partial charge in [-0.2, -0.15) is 0 Å². The zero-order valence-corrected chi connectivity index (χ0v) is 21.6. The minimum atomic E-state index is -0.685. The summed E-state index contributed by atoms with van der Waals surface area (Å²) in [7, 11) is 0. The van der Waals surface area contributed by atoms with Gasteiger partial charge in [0.25, 0.3) is 5.56 Å². The lowest BCUT2D eigenvalue weighted by Crippen LogP contribution is -2.23. The Hall–Kier alpha value is -3.56. The molecule has 3 heterocycles. The van der Waals surface area contributed by atoms with E-state index in [0.29, 0.717) is 28.2 Å². The molecule has 3 aromatic heterocycles. The second-order valence-electron chi connectivity index (χ2n) is 9.04. The summed E-state index contributed by atoms with van der Waals surface area (Å²) in [4.78, 5) is 26.1. The van der Waals surface area contributed by atoms with Gasteiger partial charge >= 0.3 is 0 Å². The van der Waals surface area contributed by atoms with E-state index in [0.717, 1.165) is 5.56 Å². The van der Waals surface area contributed by atoms with Crippen LogP contribution in [0.1, 0.15) is 42.1 Å². The fraction of sp³-hybridized carbons (Fsp3) is 0.308. The summed E-state index contributed by atoms with van der Waals surface area (Å²) in [6, 6.07) is 4.68. The first-order valence-electron chi connectivity index (χ1n) is 11.2. The highest BCUT2D eigenvalue weighted by atomic mass is 35.5. The number of aryl methyl sites for hydroxylation is 3. The number of nitrogens with zero attached hydrogens (tertiary/aromatic N) is 4. The van der Waals surface area contributed by atoms with E-state index in [1.807, 2.05) is 6.92 Å². The second kappa shape index (κ2) is 11.0. The molecular weight excluding hydrogens is 485 g/mol. The second-order valence-corrected chi connectivity index (χ2v) is 9.42. The van der Waals surface area contributed by atoms with E-state index in [-0.39, 0.29) is 29.7 Å². The standard InChI is InChI=1S/C26H29ClFN5O3/c1-15-6-19(28)21(30-10-15)13-36-23-7-17(3)33(25(35)24(23)27)22-8-20(31-11-16(22)2)18(9-29)12-32-26(4,5)14-34/h6-12,34H,13-14,29H2,1-5H3. The Morgan fingerprint density at radius 3 is 2.61 bits per heavy atom. The van der Waals surface area contributed by atoms with Crippen molar-refractivity contribution in [1.82, 2.24) is 14.5 Å². The minimum absolute atomic E-state index is 0.111. The summed E-state index contributed by atoms with van der Waals surface area (Å²) in [6.07, 6.45) is 6.05. The molecule has 0 aromatic carbocycles. The van der Waals surface area contributed by atoms with E-state index in [1.54, 1.807) is 46.0 Å². The lowest BCUT2D eigenvalue weighted by Gasteiger charge is -2.17. The third-order valence-electron chi connectivity index (χ3n) is 5.45. The van der Waals surface area contributed by atoms with E-state index >= 15 is 0 Å². The van der Waals surface area contributed by atoms with Crippen molar-refractivity contribution in [3.63, 3.8) is 0 Å². The van der Waals surface area contributed by atoms with Gasteiger partial charge in [0.2, 0.25) is 0 Å². The average Bonchev–Trinajstić information content (AvgIpc) is 2.83. The Labute approximate surface area is 214 Å². The summed E-state index contributed by atoms with van der Waals surface area (Å²) in [6.45, 7) is 8.54. The van der Waals surface area contributed by atoms with Crippen molar-refractivity contribution >= 4 is 23.4 Å². The number of aliphatic hydroxyl groups excluding tert-OH is 1. The van der Waals surface area contributed by atoms with E-state index in [4.69, 9.17) is 22.1 Å². The van der Waals surface area contributed by atoms with Crippen LogP contribution in [0.5, 0.6) is 5.75 Å². The van der Waals surface area contributed by atoms with Crippen LogP contribution in [0.25, 0.3) is 11.3 Å². The van der Waals surface area contributed by atoms with Crippen molar-refractivity contribution in [1.29, 1.82) is 0 Å². The molecule has 0 aliphatic carbocycles. The number of hydrogen-bond acceptors (Lipinski definition) is 7. The molecule has 0 saturated heterocycles. The first kappa shape index (κ1) is 27.0. The molecular formula is C26H29ClFN5O3. The van der Waals surface area contributed by atoms with Gasteiger partial charge in [0.1, 0.15) is 28.9 Å². The fourth-order valence-electron chi connectivity index (χ4n) is 3.29. The van der Waals surface area contributed by atoms with E-state index in [9.17, 15) is 14.3 Å². The molecule has 0 aliphatic heterocycles. The van der Waals surface area contributed by atoms with Crippen molar-refractivity contribution in [2.75, 3.05) is 6.61 Å². The molecule has 3 N–H and O–H groups in total. The molecule has 10 heteroatoms. The van der Waals surface area contributed by atoms with E-state index in [1.165, 1.54) is 29.2 Å². The highest BCUT2D eigenvalue weighted by molar-refractivity contribution is 6.31. The molecule has 0 radical (unpaired) electrons. The van der Waals surface area contributed by atoms with Gasteiger partial charge in [-0.3, -0.25) is 24.3 Å². The van der Waals surface area contributed by atoms with Crippen LogP contribution in [-0.2, 0) is 6.61 Å². The lowest BCUT2D eigenvalue weighted by atomic mass is 10.1. The molecule has 0 spiro atoms. The third kappa shape index (κ3) is 5.98. The number of pyridine rings is 3. The number of rotatable bonds is 8. The molecule has 36 heavy (non-hydrogen) atoms. The first-order valence-corrected chi connectivity index (χ1v) is 11.6. The largest absolute Gasteiger partial charge is 0.485 e. The maximum Gasteiger partial charge on any atom is 0.277 e. The smallest absolute Gasteiger partial charge is 0.277 e. The van der Waals surface area contributed by atoms with Crippen molar-refractivity contribution in [2.24, 2.45) is 10.7 Å². The van der Waals surface area contributed by atoms with Crippen LogP contribution in [0.3, 0.4) is 0 Å². The van der Waals surface area contributed by atoms with Crippen LogP contribution < -0.4 is 16.0 Å². The number of allylic oxidation sites excluding steroid dienone is 1. The number of aliphatic hydroxyl groups is 1. The Balaban J connectivity index is 1.99. The number of hydrogen-bond donors (Lipinski definition) is 2. The molecule has 0 amide bonds. The Morgan fingerprint density at radius 2 is 1.97 bits per heavy atom. The molecule has 0 aliphatic rings. The SMILES string of the molecule is Cc1cnc(COc2cc(C)n(-c3cc(C(C=NC(C)(C)CO)=CN)ncc3C)c(=O)c2Cl)c(F)c1. The van der Waals surface area contributed by atoms with Crippen molar-refractivity contribution in [3.05, 3.63) is 86.2 Å². The van der Waals surface area contributed by atoms with E-state index in [2.05, 4.69) is 15.0 Å². The molecule has 0 saturated carbocycles. The van der Waals surface area contributed by atoms with Crippen molar-refractivity contribution < 1.29 is 14.2 Å². The number of nitrogens with two attached hydrogens (primary N) is 1. The predicted molar refractivity (Wildman–Crippen MR) is 139 cm³/mol. The summed E-state index contributed by atoms with van der Waals surface area (Å²) in [5, 5.41) is 9.31. The van der Waals surface area contributed by atoms with Crippen LogP contribution in [0.4, 0.5) is 4.39 Å². The van der Waals surface area contributed by atoms with Gasteiger partial charge in [0.05, 0.1) is 23.5 Å². The van der Waals surface area contributed by atoms with Crippen LogP contribution in [0, 0.1) is 26.6 Å². The summed E-state index contributed by atoms with van der Waals surface area (Å²) in [5.74, 6) is -0.365. The molecule has 0 atom stereocenters. The lowest BCUT2D eigenvalue weighted by molar-refractivity contribution is 0.223. The molecule has 3 aromatic rings. The molecule has 190 valence electrons. The third-order valence-corrected chi connectivity index (χ3v) is 5.80. The van der Waals surface area contributed by atoms with Gasteiger partial charge in [-0.05, 0) is 57.9 Å². The Kier molecular flexibility index (Phi) is 8.27. The number of ether oxygens (including phenoxy) is 1. The predicted octanol–water partition coefficient (Wildman–Crippen LogP) is 4.07. The van der Waals surface area contributed by atoms with Gasteiger partial charge < -0.3 is 15.6 Å². The van der Waals surface area contributed by atoms with Gasteiger partial charge in [0.15, 0.2) is 0 Å². The number of aliphatic imine (C=N–C) groups is 1. The maximum atomic E-state index is 14.1. The van der Waals surface area contributed by atoms with Crippen LogP contribution >= 0.6 is 11.6 Å². The Bertz CT molecular complexity index is 1400. The van der Waals surface area contributed by atoms with Crippen molar-refractivity contribution in [3.8, 4) is 11.4 Å². The zero-order chi connectivity index (χ0) is 26.6. The minimum Gasteiger partial charge on any atom is -0.485 e. The summed E-state index contributed by atoms with van der Waals surface area (Å²) in [5.41, 5.74) is 8.25. The van der Waals surface area contributed by atoms with Gasteiger partial charge in [0, 0.05) is 42.1 Å². The molecule has 8 nitrogen and oxygen atoms in total. The van der Waals surface area contributed by atoms with Crippen LogP contribution in [0.2, 0.25) is 5.02 Å². The zero-order valence-electron chi connectivity index (χ0n) is 20.8. The van der Waals surface area contributed by atoms with Gasteiger partial charge in [-0.15, -0.1) is 0 Å². The van der Waals surface area contributed by atoms with E-state index < -0.39 is 16.9 Å². The Morgan fingerprint density at radius 1 is 1.25 bits per heavy atom. The quantitative estimate of drug-likeness (QED) is 0.439. The first-order chi connectivity index (χ1) is 17.0. The maximum absolute atomic E-state index is 14.1. The van der Waals surface area contributed by atoms with Gasteiger partial charge in [-0.25, -0.2) is 4.39 Å². The van der Waals surface area contributed by atoms with Gasteiger partial charge in [-0.1, -0.05) is 11.6 Å². The van der Waals surface area contributed by atoms with Crippen molar-refractivity contribution in [2.45, 2.75) is 46.8 Å². The number of halogens is 2. The highest BCUT2D eigenvalue weighted by Gasteiger charge is 2.18. The average molecular weight is 514 g/mol. The topological polar surface area (TPSA) is 116 Å². The van der Waals surface area contributed by atoms with Crippen LogP contribution in [-0.4, -0.2) is 38.0 Å². The monoisotopic (exact) mass is 513 g/mol. The molecule has 0 fully saturated rings. The number of aromatic nitrogens is 3. The normalized spacial score (nSPS) is 12.4. The van der Waals surface area contributed by atoms with Crippen LogP contribution in [0.15, 0.2) is 46.6 Å². The fourth-order valence-corrected chi connectivity index (χ4v) is 3.49.